The number of carbonyl (C=O) groups is 1. The normalized spacial score (nSPS) is 17.6. The molecule has 0 N–H and O–H groups in total. The van der Waals surface area contributed by atoms with Crippen molar-refractivity contribution < 1.29 is 9.53 Å². The molecule has 78 valence electrons. The smallest absolute Gasteiger partial charge is 0.330 e. The number of ether oxygens (including phenoxy) is 1. The van der Waals surface area contributed by atoms with Gasteiger partial charge in [-0.15, -0.1) is 0 Å². The summed E-state index contributed by atoms with van der Waals surface area (Å²) in [5.74, 6) is -0.238. The second-order valence-electron chi connectivity index (χ2n) is 3.60. The number of hydrogen-bond acceptors (Lipinski definition) is 2. The van der Waals surface area contributed by atoms with Crippen molar-refractivity contribution in [1.29, 1.82) is 0 Å². The number of rotatable bonds is 3. The van der Waals surface area contributed by atoms with Gasteiger partial charge < -0.3 is 4.74 Å². The summed E-state index contributed by atoms with van der Waals surface area (Å²) in [5, 5.41) is 0. The molecule has 1 rings (SSSR count). The van der Waals surface area contributed by atoms with Gasteiger partial charge in [0, 0.05) is 6.08 Å². The van der Waals surface area contributed by atoms with E-state index < -0.39 is 0 Å². The van der Waals surface area contributed by atoms with Gasteiger partial charge in [0.2, 0.25) is 0 Å². The molecule has 2 heteroatoms. The van der Waals surface area contributed by atoms with Gasteiger partial charge in [-0.25, -0.2) is 4.79 Å². The Balaban J connectivity index is 2.53. The molecule has 0 spiro atoms. The molecule has 0 aromatic carbocycles. The van der Waals surface area contributed by atoms with Crippen LogP contribution >= 0.6 is 0 Å². The fourth-order valence-corrected chi connectivity index (χ4v) is 1.66. The maximum atomic E-state index is 11.1. The quantitative estimate of drug-likeness (QED) is 0.510. The lowest BCUT2D eigenvalue weighted by Gasteiger charge is -2.14. The number of allylic oxidation sites excluding steroid dienone is 3. The van der Waals surface area contributed by atoms with Crippen LogP contribution in [0.5, 0.6) is 0 Å². The van der Waals surface area contributed by atoms with Crippen LogP contribution in [-0.4, -0.2) is 12.6 Å². The molecule has 0 bridgehead atoms. The summed E-state index contributed by atoms with van der Waals surface area (Å²) in [6.45, 7) is 4.40. The molecule has 0 saturated carbocycles. The minimum absolute atomic E-state index is 0.238. The molecule has 14 heavy (non-hydrogen) atoms. The zero-order chi connectivity index (χ0) is 10.4. The van der Waals surface area contributed by atoms with E-state index in [1.807, 2.05) is 13.0 Å². The van der Waals surface area contributed by atoms with Crippen LogP contribution in [-0.2, 0) is 9.53 Å². The van der Waals surface area contributed by atoms with E-state index in [2.05, 4.69) is 6.92 Å². The second-order valence-corrected chi connectivity index (χ2v) is 3.60. The summed E-state index contributed by atoms with van der Waals surface area (Å²) < 4.78 is 4.82. The van der Waals surface area contributed by atoms with Gasteiger partial charge in [0.05, 0.1) is 6.61 Å². The molecule has 1 aliphatic carbocycles. The number of esters is 1. The molecule has 2 nitrogen and oxygen atoms in total. The third-order valence-corrected chi connectivity index (χ3v) is 2.50. The highest BCUT2D eigenvalue weighted by molar-refractivity contribution is 5.82. The third kappa shape index (κ3) is 3.36. The average molecular weight is 194 g/mol. The van der Waals surface area contributed by atoms with Crippen LogP contribution in [0.2, 0.25) is 0 Å². The zero-order valence-electron chi connectivity index (χ0n) is 9.01. The highest BCUT2D eigenvalue weighted by Gasteiger charge is 2.06. The van der Waals surface area contributed by atoms with Crippen molar-refractivity contribution in [1.82, 2.24) is 0 Å². The Hall–Kier alpha value is -1.05. The first-order chi connectivity index (χ1) is 6.74. The second kappa shape index (κ2) is 5.63. The predicted octanol–water partition coefficient (Wildman–Crippen LogP) is 3.00. The highest BCUT2D eigenvalue weighted by atomic mass is 16.5. The van der Waals surface area contributed by atoms with Crippen molar-refractivity contribution in [3.63, 3.8) is 0 Å². The molecule has 0 saturated heterocycles. The lowest BCUT2D eigenvalue weighted by atomic mass is 9.92. The van der Waals surface area contributed by atoms with E-state index in [-0.39, 0.29) is 5.97 Å². The van der Waals surface area contributed by atoms with Crippen molar-refractivity contribution >= 4 is 5.97 Å². The van der Waals surface area contributed by atoms with E-state index in [0.717, 1.165) is 6.42 Å². The van der Waals surface area contributed by atoms with Gasteiger partial charge in [0.25, 0.3) is 0 Å². The van der Waals surface area contributed by atoms with Gasteiger partial charge in [-0.3, -0.25) is 0 Å². The van der Waals surface area contributed by atoms with Gasteiger partial charge in [-0.1, -0.05) is 11.6 Å². The minimum Gasteiger partial charge on any atom is -0.463 e. The molecule has 0 fully saturated rings. The number of hydrogen-bond donors (Lipinski definition) is 0. The fraction of sp³-hybridized carbons (Fsp3) is 0.583. The summed E-state index contributed by atoms with van der Waals surface area (Å²) in [5.41, 5.74) is 2.72. The zero-order valence-corrected chi connectivity index (χ0v) is 9.01. The summed E-state index contributed by atoms with van der Waals surface area (Å²) in [6, 6.07) is 0. The Labute approximate surface area is 85.6 Å². The molecule has 0 unspecified atom stereocenters. The molecule has 0 atom stereocenters. The minimum atomic E-state index is -0.238. The Morgan fingerprint density at radius 3 is 2.79 bits per heavy atom. The molecule has 0 aromatic rings. The molecule has 0 aliphatic heterocycles. The standard InChI is InChI=1S/C12H18O2/c1-3-14-12(13)9-8-11-7-5-4-6-10(11)2/h8-9H,3-7H2,1-2H3/b9-8+. The van der Waals surface area contributed by atoms with Gasteiger partial charge in [-0.05, 0) is 45.1 Å². The Morgan fingerprint density at radius 2 is 2.14 bits per heavy atom. The van der Waals surface area contributed by atoms with Crippen molar-refractivity contribution in [2.45, 2.75) is 39.5 Å². The number of carbonyl (C=O) groups excluding carboxylic acids is 1. The first-order valence-electron chi connectivity index (χ1n) is 5.27. The Bertz CT molecular complexity index is 261. The van der Waals surface area contributed by atoms with Crippen molar-refractivity contribution in [3.05, 3.63) is 23.3 Å². The molecule has 0 radical (unpaired) electrons. The van der Waals surface area contributed by atoms with Crippen LogP contribution in [0.4, 0.5) is 0 Å². The van der Waals surface area contributed by atoms with E-state index in [1.54, 1.807) is 0 Å². The maximum absolute atomic E-state index is 11.1. The van der Waals surface area contributed by atoms with E-state index in [9.17, 15) is 4.79 Å². The molecular weight excluding hydrogens is 176 g/mol. The first-order valence-corrected chi connectivity index (χ1v) is 5.27. The highest BCUT2D eigenvalue weighted by Crippen LogP contribution is 2.24. The maximum Gasteiger partial charge on any atom is 0.330 e. The Kier molecular flexibility index (Phi) is 4.44. The third-order valence-electron chi connectivity index (χ3n) is 2.50. The first kappa shape index (κ1) is 11.0. The van der Waals surface area contributed by atoms with Gasteiger partial charge in [-0.2, -0.15) is 0 Å². The predicted molar refractivity (Wildman–Crippen MR) is 56.9 cm³/mol. The monoisotopic (exact) mass is 194 g/mol. The largest absolute Gasteiger partial charge is 0.463 e. The lowest BCUT2D eigenvalue weighted by Crippen LogP contribution is -2.00. The van der Waals surface area contributed by atoms with Gasteiger partial charge in [0.1, 0.15) is 0 Å². The molecular formula is C12H18O2. The molecule has 0 heterocycles. The van der Waals surface area contributed by atoms with Crippen molar-refractivity contribution in [2.75, 3.05) is 6.61 Å². The SMILES string of the molecule is CCOC(=O)/C=C/C1=C(C)CCCC1. The van der Waals surface area contributed by atoms with Crippen LogP contribution in [0.1, 0.15) is 39.5 Å². The van der Waals surface area contributed by atoms with Crippen LogP contribution in [0, 0.1) is 0 Å². The van der Waals surface area contributed by atoms with Crippen LogP contribution in [0.3, 0.4) is 0 Å². The van der Waals surface area contributed by atoms with E-state index in [1.165, 1.54) is 36.5 Å². The topological polar surface area (TPSA) is 26.3 Å². The summed E-state index contributed by atoms with van der Waals surface area (Å²) in [6.07, 6.45) is 8.23. The van der Waals surface area contributed by atoms with Crippen LogP contribution in [0.15, 0.2) is 23.3 Å². The van der Waals surface area contributed by atoms with Gasteiger partial charge in [0.15, 0.2) is 0 Å². The van der Waals surface area contributed by atoms with Crippen molar-refractivity contribution in [3.8, 4) is 0 Å². The lowest BCUT2D eigenvalue weighted by molar-refractivity contribution is -0.137. The molecule has 0 amide bonds. The van der Waals surface area contributed by atoms with Gasteiger partial charge >= 0.3 is 5.97 Å². The van der Waals surface area contributed by atoms with E-state index in [0.29, 0.717) is 6.61 Å². The van der Waals surface area contributed by atoms with Crippen molar-refractivity contribution in [2.24, 2.45) is 0 Å². The fourth-order valence-electron chi connectivity index (χ4n) is 1.66. The molecule has 0 aromatic heterocycles. The van der Waals surface area contributed by atoms with Crippen LogP contribution in [0.25, 0.3) is 0 Å². The summed E-state index contributed by atoms with van der Waals surface area (Å²) in [4.78, 5) is 11.1. The van der Waals surface area contributed by atoms with E-state index in [4.69, 9.17) is 4.74 Å². The average Bonchev–Trinajstić information content (AvgIpc) is 2.17. The summed E-state index contributed by atoms with van der Waals surface area (Å²) >= 11 is 0. The van der Waals surface area contributed by atoms with Crippen LogP contribution < -0.4 is 0 Å². The molecule has 1 aliphatic rings. The Morgan fingerprint density at radius 1 is 1.43 bits per heavy atom. The summed E-state index contributed by atoms with van der Waals surface area (Å²) in [7, 11) is 0. The van der Waals surface area contributed by atoms with E-state index >= 15 is 0 Å².